The third-order valence-corrected chi connectivity index (χ3v) is 9.27. The molecular weight excluding hydrogens is 598 g/mol. The molecule has 0 saturated heterocycles. The molecule has 0 bridgehead atoms. The topological polar surface area (TPSA) is 143 Å². The van der Waals surface area contributed by atoms with Crippen LogP contribution in [0.4, 0.5) is 5.69 Å². The highest BCUT2D eigenvalue weighted by Crippen LogP contribution is 2.51. The average Bonchev–Trinajstić information content (AvgIpc) is 3.04. The maximum atomic E-state index is 14.5. The summed E-state index contributed by atoms with van der Waals surface area (Å²) >= 11 is 0. The van der Waals surface area contributed by atoms with E-state index in [2.05, 4.69) is 0 Å². The fraction of sp³-hybridized carbons (Fsp3) is 0.378. The zero-order valence-corrected chi connectivity index (χ0v) is 27.3. The minimum Gasteiger partial charge on any atom is -0.507 e. The van der Waals surface area contributed by atoms with Gasteiger partial charge in [-0.25, -0.2) is 0 Å². The monoisotopic (exact) mass is 641 g/mol. The van der Waals surface area contributed by atoms with Gasteiger partial charge >= 0.3 is 0 Å². The van der Waals surface area contributed by atoms with Crippen molar-refractivity contribution in [2.45, 2.75) is 44.1 Å². The number of nitrogens with zero attached hydrogens (tertiary/aromatic N) is 2. The maximum Gasteiger partial charge on any atom is 0.225 e. The van der Waals surface area contributed by atoms with Gasteiger partial charge in [-0.3, -0.25) is 14.4 Å². The minimum absolute atomic E-state index is 0.0442. The van der Waals surface area contributed by atoms with Crippen LogP contribution in [0, 0.1) is 11.8 Å². The second kappa shape index (κ2) is 14.1. The summed E-state index contributed by atoms with van der Waals surface area (Å²) in [6, 6.07) is 22.2. The number of primary amides is 1. The first-order valence-electron chi connectivity index (χ1n) is 15.7. The summed E-state index contributed by atoms with van der Waals surface area (Å²) in [5.74, 6) is -4.33. The number of nitrogens with two attached hydrogens (primary N) is 1. The zero-order valence-electron chi connectivity index (χ0n) is 27.3. The van der Waals surface area contributed by atoms with Gasteiger partial charge in [-0.15, -0.1) is 0 Å². The second-order valence-electron chi connectivity index (χ2n) is 12.8. The molecule has 1 fully saturated rings. The lowest BCUT2D eigenvalue weighted by Gasteiger charge is -2.48. The van der Waals surface area contributed by atoms with Crippen LogP contribution in [0.1, 0.15) is 35.1 Å². The number of Topliss-reactive ketones (excluding diaryl/α,β-unsaturated/α-hetero) is 2. The lowest BCUT2D eigenvalue weighted by molar-refractivity contribution is -0.164. The summed E-state index contributed by atoms with van der Waals surface area (Å²) in [6.45, 7) is 0.617. The normalized spacial score (nSPS) is 21.2. The van der Waals surface area contributed by atoms with E-state index in [0.717, 1.165) is 22.4 Å². The number of anilines is 1. The van der Waals surface area contributed by atoms with E-state index in [1.165, 1.54) is 0 Å². The van der Waals surface area contributed by atoms with Gasteiger partial charge in [0.15, 0.2) is 11.4 Å². The molecule has 0 heterocycles. The number of likely N-dealkylation sites (N-methyl/N-ethyl adjacent to an activating group) is 1. The number of aliphatic hydroxyl groups excluding tert-OH is 1. The van der Waals surface area contributed by atoms with E-state index in [4.69, 9.17) is 15.2 Å². The Bertz CT molecular complexity index is 1660. The van der Waals surface area contributed by atoms with Crippen molar-refractivity contribution in [3.8, 4) is 5.75 Å². The molecule has 248 valence electrons. The van der Waals surface area contributed by atoms with E-state index in [1.54, 1.807) is 20.2 Å². The SMILES string of the molecule is CN(C)c1ccc(OCc2ccccc2)c2c1C[C@H]1C[C@@H]([C@@H](COCc3ccccc3)N(C)C)[C@@](O)(C(=O)CC(N)=O)C(=O)C1=C2O. The zero-order chi connectivity index (χ0) is 33.9. The molecule has 4 atom stereocenters. The van der Waals surface area contributed by atoms with Gasteiger partial charge in [0, 0.05) is 37.3 Å². The van der Waals surface area contributed by atoms with E-state index in [0.29, 0.717) is 24.3 Å². The minimum atomic E-state index is -2.62. The highest BCUT2D eigenvalue weighted by molar-refractivity contribution is 6.23. The number of carbonyl (C=O) groups excluding carboxylic acids is 3. The molecule has 2 aliphatic carbocycles. The molecule has 1 amide bonds. The quantitative estimate of drug-likeness (QED) is 0.238. The molecule has 1 saturated carbocycles. The lowest BCUT2D eigenvalue weighted by Crippen LogP contribution is -2.64. The van der Waals surface area contributed by atoms with Gasteiger partial charge in [0.25, 0.3) is 0 Å². The van der Waals surface area contributed by atoms with Crippen molar-refractivity contribution in [2.75, 3.05) is 39.7 Å². The molecule has 5 rings (SSSR count). The highest BCUT2D eigenvalue weighted by atomic mass is 16.5. The van der Waals surface area contributed by atoms with Gasteiger partial charge in [0.05, 0.1) is 25.2 Å². The van der Waals surface area contributed by atoms with Gasteiger partial charge < -0.3 is 35.2 Å². The molecule has 0 aliphatic heterocycles. The van der Waals surface area contributed by atoms with Gasteiger partial charge in [0.1, 0.15) is 18.1 Å². The van der Waals surface area contributed by atoms with Gasteiger partial charge in [-0.2, -0.15) is 0 Å². The van der Waals surface area contributed by atoms with Crippen molar-refractivity contribution < 1.29 is 34.1 Å². The first-order valence-corrected chi connectivity index (χ1v) is 15.7. The van der Waals surface area contributed by atoms with Crippen LogP contribution < -0.4 is 15.4 Å². The predicted molar refractivity (Wildman–Crippen MR) is 179 cm³/mol. The van der Waals surface area contributed by atoms with Crippen molar-refractivity contribution in [1.82, 2.24) is 4.90 Å². The van der Waals surface area contributed by atoms with Crippen LogP contribution in [0.15, 0.2) is 78.4 Å². The Morgan fingerprint density at radius 2 is 1.57 bits per heavy atom. The van der Waals surface area contributed by atoms with Crippen molar-refractivity contribution in [2.24, 2.45) is 17.6 Å². The molecule has 0 unspecified atom stereocenters. The van der Waals surface area contributed by atoms with E-state index in [-0.39, 0.29) is 31.0 Å². The van der Waals surface area contributed by atoms with Crippen LogP contribution in [-0.4, -0.2) is 79.0 Å². The average molecular weight is 642 g/mol. The number of aliphatic hydroxyl groups is 2. The Balaban J connectivity index is 1.57. The Kier molecular flexibility index (Phi) is 10.1. The molecule has 2 aliphatic rings. The second-order valence-corrected chi connectivity index (χ2v) is 12.8. The van der Waals surface area contributed by atoms with Gasteiger partial charge in [-0.05, 0) is 61.7 Å². The summed E-state index contributed by atoms with van der Waals surface area (Å²) in [6.07, 6.45) is -0.293. The molecule has 47 heavy (non-hydrogen) atoms. The van der Waals surface area contributed by atoms with E-state index < -0.39 is 47.4 Å². The number of ketones is 2. The first-order chi connectivity index (χ1) is 22.4. The Labute approximate surface area is 275 Å². The molecule has 0 aromatic heterocycles. The fourth-order valence-corrected chi connectivity index (χ4v) is 6.94. The van der Waals surface area contributed by atoms with Crippen LogP contribution in [-0.2, 0) is 38.8 Å². The van der Waals surface area contributed by atoms with E-state index in [9.17, 15) is 24.6 Å². The first kappa shape index (κ1) is 33.8. The molecule has 0 spiro atoms. The molecule has 0 radical (unpaired) electrons. The molecule has 10 nitrogen and oxygen atoms in total. The fourth-order valence-electron chi connectivity index (χ4n) is 6.94. The van der Waals surface area contributed by atoms with Crippen LogP contribution in [0.2, 0.25) is 0 Å². The van der Waals surface area contributed by atoms with E-state index in [1.807, 2.05) is 90.6 Å². The Morgan fingerprint density at radius 1 is 0.957 bits per heavy atom. The van der Waals surface area contributed by atoms with Gasteiger partial charge in [0.2, 0.25) is 11.7 Å². The number of fused-ring (bicyclic) bond motifs is 2. The van der Waals surface area contributed by atoms with Crippen molar-refractivity contribution in [3.63, 3.8) is 0 Å². The van der Waals surface area contributed by atoms with Crippen LogP contribution in [0.5, 0.6) is 5.75 Å². The number of rotatable bonds is 13. The Morgan fingerprint density at radius 3 is 2.15 bits per heavy atom. The standard InChI is InChI=1S/C37H43N3O7/c1-39(2)28-15-16-30(47-21-24-13-9-6-10-14-24)34-26(28)17-25-18-27(29(40(3)4)22-46-20-23-11-7-5-8-12-23)37(45,31(41)19-32(38)42)36(44)33(25)35(34)43/h5-16,25,27,29,43,45H,17-22H2,1-4H3,(H2,38,42)/t25-,27-,29+,37+/m0/s1. The smallest absolute Gasteiger partial charge is 0.225 e. The van der Waals surface area contributed by atoms with Crippen molar-refractivity contribution in [1.29, 1.82) is 0 Å². The van der Waals surface area contributed by atoms with E-state index >= 15 is 0 Å². The molecule has 10 heteroatoms. The number of hydrogen-bond donors (Lipinski definition) is 3. The molecule has 3 aromatic carbocycles. The number of benzene rings is 3. The van der Waals surface area contributed by atoms with Gasteiger partial charge in [-0.1, -0.05) is 60.7 Å². The lowest BCUT2D eigenvalue weighted by atomic mass is 9.60. The molecular formula is C37H43N3O7. The Hall–Kier alpha value is -4.51. The maximum absolute atomic E-state index is 14.5. The van der Waals surface area contributed by atoms with Crippen LogP contribution in [0.3, 0.4) is 0 Å². The largest absolute Gasteiger partial charge is 0.507 e. The van der Waals surface area contributed by atoms with Crippen LogP contribution in [0.25, 0.3) is 5.76 Å². The number of carbonyl (C=O) groups is 3. The third kappa shape index (κ3) is 6.81. The highest BCUT2D eigenvalue weighted by Gasteiger charge is 2.60. The third-order valence-electron chi connectivity index (χ3n) is 9.27. The number of hydrogen-bond acceptors (Lipinski definition) is 9. The van der Waals surface area contributed by atoms with Crippen LogP contribution >= 0.6 is 0 Å². The summed E-state index contributed by atoms with van der Waals surface area (Å²) in [5, 5.41) is 24.2. The summed E-state index contributed by atoms with van der Waals surface area (Å²) in [7, 11) is 7.39. The van der Waals surface area contributed by atoms with Crippen molar-refractivity contribution >= 4 is 28.9 Å². The van der Waals surface area contributed by atoms with Crippen molar-refractivity contribution in [3.05, 3.63) is 101 Å². The summed E-state index contributed by atoms with van der Waals surface area (Å²) in [5.41, 5.74) is 6.60. The molecule has 4 N–H and O–H groups in total. The number of ether oxygens (including phenoxy) is 2. The molecule has 3 aromatic rings. The summed E-state index contributed by atoms with van der Waals surface area (Å²) < 4.78 is 12.3. The number of amides is 1. The summed E-state index contributed by atoms with van der Waals surface area (Å²) in [4.78, 5) is 43.9. The predicted octanol–water partition coefficient (Wildman–Crippen LogP) is 3.68.